The smallest absolute Gasteiger partial charge is 0.335 e. The number of rotatable bonds is 13. The lowest BCUT2D eigenvalue weighted by molar-refractivity contribution is -0.157. The molecule has 10 heteroatoms. The first-order chi connectivity index (χ1) is 22.2. The Morgan fingerprint density at radius 3 is 2.00 bits per heavy atom. The minimum atomic E-state index is -0.983. The number of carbonyl (C=O) groups is 1. The van der Waals surface area contributed by atoms with E-state index in [0.717, 1.165) is 82.0 Å². The van der Waals surface area contributed by atoms with E-state index in [1.54, 1.807) is 0 Å². The number of aliphatic carboxylic acids is 1. The summed E-state index contributed by atoms with van der Waals surface area (Å²) in [6.45, 7) is 10.8. The van der Waals surface area contributed by atoms with Crippen LogP contribution in [0.15, 0.2) is 57.4 Å². The third-order valence-corrected chi connectivity index (χ3v) is 8.48. The van der Waals surface area contributed by atoms with Crippen molar-refractivity contribution in [2.75, 3.05) is 13.2 Å². The Kier molecular flexibility index (Phi) is 13.8. The van der Waals surface area contributed by atoms with Crippen LogP contribution in [0.3, 0.4) is 0 Å². The van der Waals surface area contributed by atoms with Gasteiger partial charge in [0, 0.05) is 22.2 Å². The topological polar surface area (TPSA) is 117 Å². The monoisotopic (exact) mass is 744 g/mol. The summed E-state index contributed by atoms with van der Waals surface area (Å²) in [6.07, 6.45) is 3.47. The van der Waals surface area contributed by atoms with E-state index >= 15 is 0 Å². The number of aryl methyl sites for hydroxylation is 4. The SMILES string of the molecule is CCCOC(CO[C@@H]1CCC[C@H](OCc2nc(-c3cccc(C)c3)oc2C)C1)C(=O)O.Cc1cccc(-c2nc(CI)c(C)o2)c1. The second-order valence-corrected chi connectivity index (χ2v) is 12.4. The van der Waals surface area contributed by atoms with Crippen molar-refractivity contribution < 1.29 is 32.9 Å². The second kappa shape index (κ2) is 17.7. The first-order valence-electron chi connectivity index (χ1n) is 15.9. The molecule has 46 heavy (non-hydrogen) atoms. The van der Waals surface area contributed by atoms with Gasteiger partial charge in [-0.2, -0.15) is 0 Å². The lowest BCUT2D eigenvalue weighted by Crippen LogP contribution is -2.34. The molecule has 1 aliphatic rings. The van der Waals surface area contributed by atoms with Gasteiger partial charge in [0.2, 0.25) is 11.8 Å². The predicted octanol–water partition coefficient (Wildman–Crippen LogP) is 8.58. The number of halogens is 1. The van der Waals surface area contributed by atoms with E-state index in [1.165, 1.54) is 5.56 Å². The Hall–Kier alpha value is -3.06. The van der Waals surface area contributed by atoms with Crippen LogP contribution in [-0.4, -0.2) is 52.6 Å². The molecule has 1 unspecified atom stereocenters. The van der Waals surface area contributed by atoms with Gasteiger partial charge in [0.15, 0.2) is 6.10 Å². The fraction of sp³-hybridized carbons (Fsp3) is 0.472. The zero-order valence-corrected chi connectivity index (χ0v) is 29.5. The van der Waals surface area contributed by atoms with E-state index in [1.807, 2.05) is 64.1 Å². The van der Waals surface area contributed by atoms with Crippen LogP contribution in [-0.2, 0) is 30.0 Å². The van der Waals surface area contributed by atoms with Crippen LogP contribution < -0.4 is 0 Å². The van der Waals surface area contributed by atoms with Crippen LogP contribution in [0.5, 0.6) is 0 Å². The number of hydrogen-bond donors (Lipinski definition) is 1. The van der Waals surface area contributed by atoms with Gasteiger partial charge in [0.1, 0.15) is 17.2 Å². The normalized spacial score (nSPS) is 16.9. The van der Waals surface area contributed by atoms with Gasteiger partial charge < -0.3 is 28.2 Å². The molecule has 2 heterocycles. The molecule has 5 rings (SSSR count). The summed E-state index contributed by atoms with van der Waals surface area (Å²) >= 11 is 2.30. The molecule has 0 saturated heterocycles. The van der Waals surface area contributed by atoms with Crippen molar-refractivity contribution in [1.82, 2.24) is 9.97 Å². The Labute approximate surface area is 285 Å². The fourth-order valence-corrected chi connectivity index (χ4v) is 5.90. The molecule has 0 radical (unpaired) electrons. The molecule has 1 aliphatic carbocycles. The number of ether oxygens (including phenoxy) is 3. The molecular weight excluding hydrogens is 699 g/mol. The van der Waals surface area contributed by atoms with E-state index in [2.05, 4.69) is 51.6 Å². The molecule has 248 valence electrons. The third kappa shape index (κ3) is 10.5. The van der Waals surface area contributed by atoms with Crippen LogP contribution in [0.2, 0.25) is 0 Å². The number of aromatic nitrogens is 2. The molecule has 1 fully saturated rings. The van der Waals surface area contributed by atoms with Crippen LogP contribution in [0.4, 0.5) is 0 Å². The average Bonchev–Trinajstić information content (AvgIpc) is 3.62. The highest BCUT2D eigenvalue weighted by atomic mass is 127. The number of carboxylic acid groups (broad SMARTS) is 1. The molecular formula is C36H45IN2O7. The van der Waals surface area contributed by atoms with Crippen molar-refractivity contribution >= 4 is 28.6 Å². The van der Waals surface area contributed by atoms with Gasteiger partial charge in [-0.25, -0.2) is 14.8 Å². The van der Waals surface area contributed by atoms with Crippen molar-refractivity contribution in [3.05, 3.63) is 82.6 Å². The summed E-state index contributed by atoms with van der Waals surface area (Å²) < 4.78 is 29.7. The highest BCUT2D eigenvalue weighted by molar-refractivity contribution is 14.1. The molecule has 1 N–H and O–H groups in total. The van der Waals surface area contributed by atoms with Gasteiger partial charge in [-0.15, -0.1) is 0 Å². The molecule has 4 aromatic rings. The van der Waals surface area contributed by atoms with Gasteiger partial charge in [0.25, 0.3) is 0 Å². The fourth-order valence-electron chi connectivity index (χ4n) is 5.19. The Bertz CT molecular complexity index is 1550. The standard InChI is InChI=1S/C24H33NO6.C12H12INO/c1-4-11-28-22(24(26)27)15-30-20-10-6-9-19(13-20)29-14-21-17(3)31-23(25-21)18-8-5-7-16(2)12-18;1-8-4-3-5-10(6-8)12-14-11(7-13)9(2)15-12/h5,7-8,12,19-20,22H,4,6,9-11,13-15H2,1-3H3,(H,26,27);3-6H,7H2,1-2H3/t19-,20+,22?;/m0./s1. The van der Waals surface area contributed by atoms with E-state index in [4.69, 9.17) is 23.0 Å². The van der Waals surface area contributed by atoms with E-state index in [9.17, 15) is 9.90 Å². The molecule has 0 amide bonds. The van der Waals surface area contributed by atoms with Gasteiger partial charge >= 0.3 is 5.97 Å². The molecule has 1 saturated carbocycles. The van der Waals surface area contributed by atoms with Crippen molar-refractivity contribution in [2.24, 2.45) is 0 Å². The first kappa shape index (κ1) is 35.8. The number of oxazole rings is 2. The Morgan fingerprint density at radius 1 is 0.913 bits per heavy atom. The third-order valence-electron chi connectivity index (χ3n) is 7.76. The summed E-state index contributed by atoms with van der Waals surface area (Å²) in [5.41, 5.74) is 6.22. The largest absolute Gasteiger partial charge is 0.479 e. The van der Waals surface area contributed by atoms with E-state index in [0.29, 0.717) is 19.1 Å². The minimum Gasteiger partial charge on any atom is -0.479 e. The van der Waals surface area contributed by atoms with E-state index < -0.39 is 12.1 Å². The molecule has 0 bridgehead atoms. The summed E-state index contributed by atoms with van der Waals surface area (Å²) in [4.78, 5) is 20.4. The predicted molar refractivity (Wildman–Crippen MR) is 185 cm³/mol. The maximum atomic E-state index is 11.3. The molecule has 0 aliphatic heterocycles. The van der Waals surface area contributed by atoms with Crippen LogP contribution in [0.25, 0.3) is 22.9 Å². The molecule has 0 spiro atoms. The molecule has 2 aromatic heterocycles. The number of hydrogen-bond acceptors (Lipinski definition) is 8. The zero-order chi connectivity index (χ0) is 33.1. The lowest BCUT2D eigenvalue weighted by Gasteiger charge is -2.29. The maximum Gasteiger partial charge on any atom is 0.335 e. The maximum absolute atomic E-state index is 11.3. The Morgan fingerprint density at radius 2 is 1.48 bits per heavy atom. The summed E-state index contributed by atoms with van der Waals surface area (Å²) in [5, 5.41) is 9.27. The van der Waals surface area contributed by atoms with Crippen molar-refractivity contribution in [1.29, 1.82) is 0 Å². The summed E-state index contributed by atoms with van der Waals surface area (Å²) in [7, 11) is 0. The second-order valence-electron chi connectivity index (χ2n) is 11.7. The average molecular weight is 745 g/mol. The molecule has 3 atom stereocenters. The number of nitrogens with zero attached hydrogens (tertiary/aromatic N) is 2. The first-order valence-corrected chi connectivity index (χ1v) is 17.4. The molecule has 9 nitrogen and oxygen atoms in total. The van der Waals surface area contributed by atoms with Crippen molar-refractivity contribution in [3.63, 3.8) is 0 Å². The van der Waals surface area contributed by atoms with Gasteiger partial charge in [-0.1, -0.05) is 64.9 Å². The Balaban J connectivity index is 0.000000266. The summed E-state index contributed by atoms with van der Waals surface area (Å²) in [5.74, 6) is 2.03. The van der Waals surface area contributed by atoms with Crippen LogP contribution in [0, 0.1) is 27.7 Å². The highest BCUT2D eigenvalue weighted by Gasteiger charge is 2.27. The lowest BCUT2D eigenvalue weighted by atomic mass is 9.95. The number of alkyl halides is 1. The van der Waals surface area contributed by atoms with Gasteiger partial charge in [0.05, 0.1) is 31.1 Å². The van der Waals surface area contributed by atoms with Crippen molar-refractivity contribution in [2.45, 2.75) is 96.1 Å². The quantitative estimate of drug-likeness (QED) is 0.106. The summed E-state index contributed by atoms with van der Waals surface area (Å²) in [6, 6.07) is 16.3. The van der Waals surface area contributed by atoms with Gasteiger partial charge in [-0.3, -0.25) is 0 Å². The van der Waals surface area contributed by atoms with Crippen LogP contribution in [0.1, 0.15) is 73.1 Å². The number of benzene rings is 2. The molecule has 2 aromatic carbocycles. The highest BCUT2D eigenvalue weighted by Crippen LogP contribution is 2.27. The number of carboxylic acids is 1. The van der Waals surface area contributed by atoms with Gasteiger partial charge in [-0.05, 0) is 84.1 Å². The van der Waals surface area contributed by atoms with Crippen LogP contribution >= 0.6 is 22.6 Å². The van der Waals surface area contributed by atoms with Crippen molar-refractivity contribution in [3.8, 4) is 22.9 Å². The minimum absolute atomic E-state index is 0.0212. The van der Waals surface area contributed by atoms with E-state index in [-0.39, 0.29) is 18.8 Å². The zero-order valence-electron chi connectivity index (χ0n) is 27.4.